The van der Waals surface area contributed by atoms with Gasteiger partial charge >= 0.3 is 5.97 Å². The number of unbranched alkanes of at least 4 members (excludes halogenated alkanes) is 2. The van der Waals surface area contributed by atoms with Crippen LogP contribution in [0, 0.1) is 5.41 Å². The molecule has 3 nitrogen and oxygen atoms in total. The van der Waals surface area contributed by atoms with Crippen molar-refractivity contribution in [3.8, 4) is 0 Å². The van der Waals surface area contributed by atoms with Crippen molar-refractivity contribution in [1.29, 1.82) is 0 Å². The molecule has 100 valence electrons. The van der Waals surface area contributed by atoms with Gasteiger partial charge in [-0.25, -0.2) is 0 Å². The van der Waals surface area contributed by atoms with Gasteiger partial charge in [0.1, 0.15) is 0 Å². The average Bonchev–Trinajstić information content (AvgIpc) is 2.30. The van der Waals surface area contributed by atoms with Crippen LogP contribution in [0.1, 0.15) is 58.8 Å². The normalized spacial score (nSPS) is 26.0. The van der Waals surface area contributed by atoms with Crippen LogP contribution >= 0.6 is 0 Å². The second-order valence-electron chi connectivity index (χ2n) is 5.42. The van der Waals surface area contributed by atoms with Gasteiger partial charge in [0, 0.05) is 6.54 Å². The molecule has 0 spiro atoms. The smallest absolute Gasteiger partial charge is 0.310 e. The lowest BCUT2D eigenvalue weighted by Gasteiger charge is -2.40. The molecule has 1 unspecified atom stereocenters. The van der Waals surface area contributed by atoms with Crippen LogP contribution in [0.3, 0.4) is 0 Å². The summed E-state index contributed by atoms with van der Waals surface area (Å²) in [5.41, 5.74) is -0.459. The van der Waals surface area contributed by atoms with Gasteiger partial charge < -0.3 is 10.0 Å². The summed E-state index contributed by atoms with van der Waals surface area (Å²) in [6.07, 6.45) is 7.39. The second kappa shape index (κ2) is 7.00. The molecule has 0 saturated carbocycles. The number of carboxylic acids is 1. The summed E-state index contributed by atoms with van der Waals surface area (Å²) in [7, 11) is 0. The summed E-state index contributed by atoms with van der Waals surface area (Å²) >= 11 is 0. The van der Waals surface area contributed by atoms with Gasteiger partial charge in [-0.15, -0.1) is 0 Å². The third kappa shape index (κ3) is 3.98. The third-order valence-corrected chi connectivity index (χ3v) is 3.92. The first-order valence-corrected chi connectivity index (χ1v) is 7.10. The van der Waals surface area contributed by atoms with Gasteiger partial charge in [-0.1, -0.05) is 33.1 Å². The fraction of sp³-hybridized carbons (Fsp3) is 0.929. The molecule has 1 atom stereocenters. The molecule has 1 N–H and O–H groups in total. The average molecular weight is 241 g/mol. The summed E-state index contributed by atoms with van der Waals surface area (Å²) in [5, 5.41) is 9.48. The molecular weight excluding hydrogens is 214 g/mol. The Balaban J connectivity index is 2.52. The maximum Gasteiger partial charge on any atom is 0.310 e. The van der Waals surface area contributed by atoms with Crippen LogP contribution in [-0.2, 0) is 4.79 Å². The van der Waals surface area contributed by atoms with Crippen molar-refractivity contribution in [2.45, 2.75) is 58.8 Å². The molecule has 0 bridgehead atoms. The van der Waals surface area contributed by atoms with Crippen LogP contribution in [0.5, 0.6) is 0 Å². The van der Waals surface area contributed by atoms with E-state index in [9.17, 15) is 9.90 Å². The largest absolute Gasteiger partial charge is 0.481 e. The molecule has 1 saturated heterocycles. The highest BCUT2D eigenvalue weighted by Gasteiger charge is 2.41. The number of carboxylic acid groups (broad SMARTS) is 1. The molecule has 17 heavy (non-hydrogen) atoms. The van der Waals surface area contributed by atoms with Gasteiger partial charge in [0.15, 0.2) is 0 Å². The lowest BCUT2D eigenvalue weighted by atomic mass is 9.76. The maximum absolute atomic E-state index is 11.5. The zero-order valence-corrected chi connectivity index (χ0v) is 11.4. The van der Waals surface area contributed by atoms with E-state index in [1.165, 1.54) is 19.3 Å². The van der Waals surface area contributed by atoms with E-state index in [1.807, 2.05) is 0 Å². The van der Waals surface area contributed by atoms with E-state index in [0.29, 0.717) is 0 Å². The Morgan fingerprint density at radius 2 is 2.06 bits per heavy atom. The van der Waals surface area contributed by atoms with Gasteiger partial charge in [0.2, 0.25) is 0 Å². The van der Waals surface area contributed by atoms with Crippen LogP contribution in [0.15, 0.2) is 0 Å². The fourth-order valence-corrected chi connectivity index (χ4v) is 2.97. The fourth-order valence-electron chi connectivity index (χ4n) is 2.97. The number of piperidine rings is 1. The molecule has 0 aromatic heterocycles. The zero-order valence-electron chi connectivity index (χ0n) is 11.4. The first-order chi connectivity index (χ1) is 8.14. The van der Waals surface area contributed by atoms with Gasteiger partial charge in [-0.2, -0.15) is 0 Å². The molecule has 1 aliphatic heterocycles. The van der Waals surface area contributed by atoms with Crippen molar-refractivity contribution in [2.24, 2.45) is 5.41 Å². The van der Waals surface area contributed by atoms with Gasteiger partial charge in [0.05, 0.1) is 5.41 Å². The number of rotatable bonds is 7. The van der Waals surface area contributed by atoms with Crippen LogP contribution in [0.2, 0.25) is 0 Å². The summed E-state index contributed by atoms with van der Waals surface area (Å²) in [6.45, 7) is 7.21. The molecule has 0 radical (unpaired) electrons. The van der Waals surface area contributed by atoms with E-state index in [4.69, 9.17) is 0 Å². The number of carbonyl (C=O) groups is 1. The first-order valence-electron chi connectivity index (χ1n) is 7.10. The maximum atomic E-state index is 11.5. The molecule has 1 aliphatic rings. The molecule has 1 fully saturated rings. The summed E-state index contributed by atoms with van der Waals surface area (Å²) in [6, 6.07) is 0. The molecular formula is C14H27NO2. The Labute approximate surface area is 105 Å². The van der Waals surface area contributed by atoms with Gasteiger partial charge in [-0.3, -0.25) is 4.79 Å². The Morgan fingerprint density at radius 1 is 1.29 bits per heavy atom. The summed E-state index contributed by atoms with van der Waals surface area (Å²) in [5.74, 6) is -0.584. The minimum absolute atomic E-state index is 0.459. The van der Waals surface area contributed by atoms with E-state index < -0.39 is 11.4 Å². The Kier molecular flexibility index (Phi) is 5.96. The van der Waals surface area contributed by atoms with Crippen molar-refractivity contribution < 1.29 is 9.90 Å². The minimum atomic E-state index is -0.584. The summed E-state index contributed by atoms with van der Waals surface area (Å²) < 4.78 is 0. The predicted octanol–water partition coefficient (Wildman–Crippen LogP) is 3.14. The second-order valence-corrected chi connectivity index (χ2v) is 5.42. The predicted molar refractivity (Wildman–Crippen MR) is 70.2 cm³/mol. The van der Waals surface area contributed by atoms with E-state index in [2.05, 4.69) is 18.7 Å². The van der Waals surface area contributed by atoms with Crippen molar-refractivity contribution >= 4 is 5.97 Å². The number of likely N-dealkylation sites (tertiary alicyclic amines) is 1. The molecule has 3 heteroatoms. The quantitative estimate of drug-likeness (QED) is 0.696. The van der Waals surface area contributed by atoms with E-state index in [0.717, 1.165) is 45.3 Å². The van der Waals surface area contributed by atoms with E-state index in [1.54, 1.807) is 0 Å². The molecule has 0 aliphatic carbocycles. The van der Waals surface area contributed by atoms with Crippen LogP contribution in [0.25, 0.3) is 0 Å². The van der Waals surface area contributed by atoms with Crippen molar-refractivity contribution in [3.63, 3.8) is 0 Å². The Bertz CT molecular complexity index is 238. The summed E-state index contributed by atoms with van der Waals surface area (Å²) in [4.78, 5) is 13.9. The molecule has 0 aromatic rings. The van der Waals surface area contributed by atoms with Gasteiger partial charge in [-0.05, 0) is 38.8 Å². The molecule has 1 rings (SSSR count). The van der Waals surface area contributed by atoms with E-state index in [-0.39, 0.29) is 0 Å². The Morgan fingerprint density at radius 3 is 2.65 bits per heavy atom. The monoisotopic (exact) mass is 241 g/mol. The number of hydrogen-bond donors (Lipinski definition) is 1. The SMILES string of the molecule is CCCCCN1CCCC(CCC)(C(=O)O)C1. The van der Waals surface area contributed by atoms with Crippen LogP contribution in [-0.4, -0.2) is 35.6 Å². The highest BCUT2D eigenvalue weighted by molar-refractivity contribution is 5.75. The van der Waals surface area contributed by atoms with E-state index >= 15 is 0 Å². The lowest BCUT2D eigenvalue weighted by molar-refractivity contribution is -0.153. The highest BCUT2D eigenvalue weighted by atomic mass is 16.4. The highest BCUT2D eigenvalue weighted by Crippen LogP contribution is 2.35. The lowest BCUT2D eigenvalue weighted by Crippen LogP contribution is -2.48. The van der Waals surface area contributed by atoms with Crippen LogP contribution < -0.4 is 0 Å². The van der Waals surface area contributed by atoms with Crippen LogP contribution in [0.4, 0.5) is 0 Å². The minimum Gasteiger partial charge on any atom is -0.481 e. The molecule has 0 amide bonds. The Hall–Kier alpha value is -0.570. The zero-order chi connectivity index (χ0) is 12.7. The standard InChI is InChI=1S/C14H27NO2/c1-3-5-6-10-15-11-7-9-14(12-15,8-4-2)13(16)17/h3-12H2,1-2H3,(H,16,17). The first kappa shape index (κ1) is 14.5. The van der Waals surface area contributed by atoms with Crippen molar-refractivity contribution in [2.75, 3.05) is 19.6 Å². The number of nitrogens with zero attached hydrogens (tertiary/aromatic N) is 1. The topological polar surface area (TPSA) is 40.5 Å². The van der Waals surface area contributed by atoms with Crippen molar-refractivity contribution in [3.05, 3.63) is 0 Å². The van der Waals surface area contributed by atoms with Gasteiger partial charge in [0.25, 0.3) is 0 Å². The van der Waals surface area contributed by atoms with Crippen molar-refractivity contribution in [1.82, 2.24) is 4.90 Å². The number of hydrogen-bond acceptors (Lipinski definition) is 2. The third-order valence-electron chi connectivity index (χ3n) is 3.92. The molecule has 1 heterocycles. The molecule has 0 aromatic carbocycles. The number of aliphatic carboxylic acids is 1.